The smallest absolute Gasteiger partial charge is 0.335 e. The van der Waals surface area contributed by atoms with Gasteiger partial charge in [0.25, 0.3) is 0 Å². The maximum absolute atomic E-state index is 10.9. The number of benzene rings is 1. The first-order valence-electron chi connectivity index (χ1n) is 6.03. The lowest BCUT2D eigenvalue weighted by molar-refractivity contribution is 0.0697. The van der Waals surface area contributed by atoms with Crippen LogP contribution in [0.3, 0.4) is 0 Å². The second-order valence-corrected chi connectivity index (χ2v) is 4.64. The molecule has 0 atom stereocenters. The molecule has 1 aliphatic carbocycles. The number of carbonyl (C=O) groups is 1. The van der Waals surface area contributed by atoms with E-state index in [9.17, 15) is 4.79 Å². The number of carboxylic acids is 1. The van der Waals surface area contributed by atoms with Crippen LogP contribution in [0.5, 0.6) is 0 Å². The third kappa shape index (κ3) is 2.90. The molecular formula is C13H18N2O2. The number of rotatable bonds is 4. The van der Waals surface area contributed by atoms with Gasteiger partial charge in [-0.1, -0.05) is 12.8 Å². The van der Waals surface area contributed by atoms with Crippen molar-refractivity contribution in [3.63, 3.8) is 0 Å². The molecule has 1 aromatic rings. The average molecular weight is 234 g/mol. The predicted molar refractivity (Wildman–Crippen MR) is 68.3 cm³/mol. The largest absolute Gasteiger partial charge is 0.478 e. The second-order valence-electron chi connectivity index (χ2n) is 4.64. The Kier molecular flexibility index (Phi) is 3.52. The molecule has 4 heteroatoms. The third-order valence-electron chi connectivity index (χ3n) is 3.36. The molecule has 0 radical (unpaired) electrons. The lowest BCUT2D eigenvalue weighted by Gasteiger charge is -2.14. The Morgan fingerprint density at radius 3 is 2.76 bits per heavy atom. The Labute approximate surface area is 101 Å². The number of carboxylic acid groups (broad SMARTS) is 1. The highest BCUT2D eigenvalue weighted by Gasteiger charge is 2.15. The molecule has 0 amide bonds. The van der Waals surface area contributed by atoms with Gasteiger partial charge < -0.3 is 16.2 Å². The zero-order valence-corrected chi connectivity index (χ0v) is 9.78. The fourth-order valence-corrected chi connectivity index (χ4v) is 2.31. The van der Waals surface area contributed by atoms with Crippen molar-refractivity contribution in [1.29, 1.82) is 0 Å². The summed E-state index contributed by atoms with van der Waals surface area (Å²) in [5.74, 6) is -0.225. The fraction of sp³-hybridized carbons (Fsp3) is 0.462. The van der Waals surface area contributed by atoms with E-state index in [4.69, 9.17) is 10.8 Å². The van der Waals surface area contributed by atoms with Gasteiger partial charge in [0.15, 0.2) is 0 Å². The van der Waals surface area contributed by atoms with E-state index in [1.807, 2.05) is 0 Å². The van der Waals surface area contributed by atoms with Crippen LogP contribution in [0.2, 0.25) is 0 Å². The molecule has 2 rings (SSSR count). The van der Waals surface area contributed by atoms with Crippen molar-refractivity contribution in [2.45, 2.75) is 25.7 Å². The monoisotopic (exact) mass is 234 g/mol. The van der Waals surface area contributed by atoms with E-state index >= 15 is 0 Å². The molecule has 0 saturated heterocycles. The van der Waals surface area contributed by atoms with Gasteiger partial charge in [0.05, 0.1) is 16.9 Å². The van der Waals surface area contributed by atoms with Crippen LogP contribution in [0.15, 0.2) is 18.2 Å². The van der Waals surface area contributed by atoms with Gasteiger partial charge in [0.2, 0.25) is 0 Å². The standard InChI is InChI=1S/C13H18N2O2/c14-11-6-5-10(13(16)17)7-12(11)15-8-9-3-1-2-4-9/h5-7,9,15H,1-4,8,14H2,(H,16,17). The molecular weight excluding hydrogens is 216 g/mol. The molecule has 0 aromatic heterocycles. The Morgan fingerprint density at radius 2 is 2.12 bits per heavy atom. The molecule has 17 heavy (non-hydrogen) atoms. The number of nitrogens with two attached hydrogens (primary N) is 1. The first-order chi connectivity index (χ1) is 8.16. The molecule has 4 N–H and O–H groups in total. The molecule has 0 unspecified atom stereocenters. The van der Waals surface area contributed by atoms with Crippen LogP contribution in [-0.4, -0.2) is 17.6 Å². The predicted octanol–water partition coefficient (Wildman–Crippen LogP) is 2.57. The van der Waals surface area contributed by atoms with Crippen molar-refractivity contribution in [3.05, 3.63) is 23.8 Å². The Hall–Kier alpha value is -1.71. The highest BCUT2D eigenvalue weighted by molar-refractivity contribution is 5.90. The molecule has 0 spiro atoms. The van der Waals surface area contributed by atoms with Crippen LogP contribution >= 0.6 is 0 Å². The van der Waals surface area contributed by atoms with E-state index < -0.39 is 5.97 Å². The Balaban J connectivity index is 2.03. The highest BCUT2D eigenvalue weighted by atomic mass is 16.4. The molecule has 0 aliphatic heterocycles. The van der Waals surface area contributed by atoms with Crippen LogP contribution in [0.4, 0.5) is 11.4 Å². The number of anilines is 2. The van der Waals surface area contributed by atoms with E-state index in [-0.39, 0.29) is 5.56 Å². The average Bonchev–Trinajstić information content (AvgIpc) is 2.80. The molecule has 92 valence electrons. The van der Waals surface area contributed by atoms with Gasteiger partial charge in [0, 0.05) is 6.54 Å². The quantitative estimate of drug-likeness (QED) is 0.700. The SMILES string of the molecule is Nc1ccc(C(=O)O)cc1NCC1CCCC1. The summed E-state index contributed by atoms with van der Waals surface area (Å²) in [5.41, 5.74) is 7.43. The Bertz CT molecular complexity index is 412. The molecule has 1 fully saturated rings. The van der Waals surface area contributed by atoms with Crippen molar-refractivity contribution in [1.82, 2.24) is 0 Å². The summed E-state index contributed by atoms with van der Waals surface area (Å²) in [5, 5.41) is 12.2. The van der Waals surface area contributed by atoms with Gasteiger partial charge in [-0.15, -0.1) is 0 Å². The first-order valence-corrected chi connectivity index (χ1v) is 6.03. The fourth-order valence-electron chi connectivity index (χ4n) is 2.31. The second kappa shape index (κ2) is 5.08. The van der Waals surface area contributed by atoms with Crippen molar-refractivity contribution in [3.8, 4) is 0 Å². The van der Waals surface area contributed by atoms with Gasteiger partial charge in [-0.3, -0.25) is 0 Å². The zero-order valence-electron chi connectivity index (χ0n) is 9.78. The lowest BCUT2D eigenvalue weighted by atomic mass is 10.1. The Morgan fingerprint density at radius 1 is 1.41 bits per heavy atom. The maximum atomic E-state index is 10.9. The number of nitrogen functional groups attached to an aromatic ring is 1. The normalized spacial score (nSPS) is 16.0. The van der Waals surface area contributed by atoms with Gasteiger partial charge in [-0.05, 0) is 37.0 Å². The van der Waals surface area contributed by atoms with Gasteiger partial charge in [-0.2, -0.15) is 0 Å². The van der Waals surface area contributed by atoms with Crippen molar-refractivity contribution in [2.24, 2.45) is 5.92 Å². The van der Waals surface area contributed by atoms with Crippen LogP contribution in [0.25, 0.3) is 0 Å². The summed E-state index contributed by atoms with van der Waals surface area (Å²) in [6, 6.07) is 4.77. The van der Waals surface area contributed by atoms with Crippen molar-refractivity contribution >= 4 is 17.3 Å². The van der Waals surface area contributed by atoms with Gasteiger partial charge >= 0.3 is 5.97 Å². The lowest BCUT2D eigenvalue weighted by Crippen LogP contribution is -2.12. The molecule has 0 heterocycles. The van der Waals surface area contributed by atoms with Gasteiger partial charge in [-0.25, -0.2) is 4.79 Å². The van der Waals surface area contributed by atoms with E-state index in [0.717, 1.165) is 12.2 Å². The van der Waals surface area contributed by atoms with Crippen molar-refractivity contribution in [2.75, 3.05) is 17.6 Å². The van der Waals surface area contributed by atoms with Crippen LogP contribution < -0.4 is 11.1 Å². The van der Waals surface area contributed by atoms with E-state index in [1.54, 1.807) is 12.1 Å². The molecule has 1 saturated carbocycles. The van der Waals surface area contributed by atoms with Crippen LogP contribution in [-0.2, 0) is 0 Å². The summed E-state index contributed by atoms with van der Waals surface area (Å²) in [7, 11) is 0. The van der Waals surface area contributed by atoms with E-state index in [1.165, 1.54) is 31.7 Å². The zero-order chi connectivity index (χ0) is 12.3. The summed E-state index contributed by atoms with van der Waals surface area (Å²) in [6.45, 7) is 0.882. The summed E-state index contributed by atoms with van der Waals surface area (Å²) < 4.78 is 0. The first kappa shape index (κ1) is 11.8. The minimum Gasteiger partial charge on any atom is -0.478 e. The third-order valence-corrected chi connectivity index (χ3v) is 3.36. The number of aromatic carboxylic acids is 1. The molecule has 1 aromatic carbocycles. The topological polar surface area (TPSA) is 75.4 Å². The summed E-state index contributed by atoms with van der Waals surface area (Å²) >= 11 is 0. The highest BCUT2D eigenvalue weighted by Crippen LogP contribution is 2.26. The number of nitrogens with one attached hydrogen (secondary N) is 1. The minimum absolute atomic E-state index is 0.271. The van der Waals surface area contributed by atoms with E-state index in [2.05, 4.69) is 5.32 Å². The van der Waals surface area contributed by atoms with E-state index in [0.29, 0.717) is 11.6 Å². The minimum atomic E-state index is -0.922. The van der Waals surface area contributed by atoms with Crippen molar-refractivity contribution < 1.29 is 9.90 Å². The van der Waals surface area contributed by atoms with Crippen LogP contribution in [0.1, 0.15) is 36.0 Å². The molecule has 1 aliphatic rings. The van der Waals surface area contributed by atoms with Gasteiger partial charge in [0.1, 0.15) is 0 Å². The molecule has 4 nitrogen and oxygen atoms in total. The summed E-state index contributed by atoms with van der Waals surface area (Å²) in [4.78, 5) is 10.9. The number of hydrogen-bond donors (Lipinski definition) is 3. The van der Waals surface area contributed by atoms with Crippen LogP contribution in [0, 0.1) is 5.92 Å². The maximum Gasteiger partial charge on any atom is 0.335 e. The summed E-state index contributed by atoms with van der Waals surface area (Å²) in [6.07, 6.45) is 5.12. The molecule has 0 bridgehead atoms. The number of hydrogen-bond acceptors (Lipinski definition) is 3.